The molecule has 0 bridgehead atoms. The molecule has 1 aliphatic heterocycles. The van der Waals surface area contributed by atoms with Crippen LogP contribution in [0.1, 0.15) is 6.42 Å². The van der Waals surface area contributed by atoms with Crippen molar-refractivity contribution < 1.29 is 14.3 Å². The van der Waals surface area contributed by atoms with Crippen molar-refractivity contribution in [1.29, 1.82) is 0 Å². The maximum absolute atomic E-state index is 11.8. The summed E-state index contributed by atoms with van der Waals surface area (Å²) in [6.45, 7) is 5.85. The van der Waals surface area contributed by atoms with Gasteiger partial charge in [-0.05, 0) is 49.4 Å². The zero-order chi connectivity index (χ0) is 19.6. The van der Waals surface area contributed by atoms with E-state index in [1.807, 2.05) is 42.5 Å². The number of piperazine rings is 1. The van der Waals surface area contributed by atoms with Gasteiger partial charge in [-0.15, -0.1) is 0 Å². The molecule has 0 aliphatic carbocycles. The molecule has 3 rings (SSSR count). The van der Waals surface area contributed by atoms with Crippen molar-refractivity contribution in [3.05, 3.63) is 54.6 Å². The summed E-state index contributed by atoms with van der Waals surface area (Å²) >= 11 is 0. The summed E-state index contributed by atoms with van der Waals surface area (Å²) in [5.41, 5.74) is 1.24. The average molecular weight is 383 g/mol. The number of hydrogen-bond acceptors (Lipinski definition) is 5. The lowest BCUT2D eigenvalue weighted by Crippen LogP contribution is -2.47. The van der Waals surface area contributed by atoms with Crippen LogP contribution in [0.25, 0.3) is 0 Å². The lowest BCUT2D eigenvalue weighted by molar-refractivity contribution is -0.123. The number of benzene rings is 2. The highest BCUT2D eigenvalue weighted by Gasteiger charge is 2.16. The van der Waals surface area contributed by atoms with Gasteiger partial charge >= 0.3 is 0 Å². The van der Waals surface area contributed by atoms with Crippen LogP contribution in [0.5, 0.6) is 11.5 Å². The van der Waals surface area contributed by atoms with Crippen LogP contribution in [0.4, 0.5) is 5.69 Å². The molecule has 1 saturated heterocycles. The Bertz CT molecular complexity index is 714. The maximum Gasteiger partial charge on any atom is 0.257 e. The molecule has 2 aromatic carbocycles. The number of ether oxygens (including phenoxy) is 2. The van der Waals surface area contributed by atoms with Gasteiger partial charge in [-0.1, -0.05) is 18.2 Å². The molecule has 1 aliphatic rings. The number of rotatable bonds is 9. The van der Waals surface area contributed by atoms with Crippen LogP contribution < -0.4 is 19.7 Å². The van der Waals surface area contributed by atoms with Crippen molar-refractivity contribution in [2.24, 2.45) is 0 Å². The number of hydrogen-bond donors (Lipinski definition) is 1. The fraction of sp³-hybridized carbons (Fsp3) is 0.409. The third-order valence-electron chi connectivity index (χ3n) is 4.90. The Morgan fingerprint density at radius 2 is 1.68 bits per heavy atom. The van der Waals surface area contributed by atoms with Crippen LogP contribution in [0.15, 0.2) is 54.6 Å². The van der Waals surface area contributed by atoms with E-state index in [0.29, 0.717) is 12.3 Å². The van der Waals surface area contributed by atoms with E-state index < -0.39 is 0 Å². The molecule has 0 unspecified atom stereocenters. The molecule has 2 aromatic rings. The highest BCUT2D eigenvalue weighted by Crippen LogP contribution is 2.20. The first-order valence-electron chi connectivity index (χ1n) is 9.80. The summed E-state index contributed by atoms with van der Waals surface area (Å²) < 4.78 is 10.7. The number of nitrogens with one attached hydrogen (secondary N) is 1. The minimum absolute atomic E-state index is 0.0601. The Morgan fingerprint density at radius 3 is 2.36 bits per heavy atom. The molecular formula is C22H29N3O3. The van der Waals surface area contributed by atoms with Crippen LogP contribution in [0.3, 0.4) is 0 Å². The zero-order valence-corrected chi connectivity index (χ0v) is 16.5. The highest BCUT2D eigenvalue weighted by molar-refractivity contribution is 5.77. The fourth-order valence-electron chi connectivity index (χ4n) is 3.27. The number of amides is 1. The molecule has 28 heavy (non-hydrogen) atoms. The van der Waals surface area contributed by atoms with Crippen molar-refractivity contribution in [3.63, 3.8) is 0 Å². The SMILES string of the molecule is COc1ccc(N2CCN(CCCNC(=O)COc3ccccc3)CC2)cc1. The van der Waals surface area contributed by atoms with E-state index in [4.69, 9.17) is 9.47 Å². The summed E-state index contributed by atoms with van der Waals surface area (Å²) in [6.07, 6.45) is 0.944. The van der Waals surface area contributed by atoms with Gasteiger partial charge < -0.3 is 19.7 Å². The van der Waals surface area contributed by atoms with Crippen LogP contribution in [0.2, 0.25) is 0 Å². The van der Waals surface area contributed by atoms with Gasteiger partial charge in [0.2, 0.25) is 0 Å². The second-order valence-corrected chi connectivity index (χ2v) is 6.83. The second kappa shape index (κ2) is 10.6. The van der Waals surface area contributed by atoms with Crippen LogP contribution in [0, 0.1) is 0 Å². The van der Waals surface area contributed by atoms with Gasteiger partial charge in [0, 0.05) is 38.4 Å². The monoisotopic (exact) mass is 383 g/mol. The minimum atomic E-state index is -0.0758. The molecule has 6 nitrogen and oxygen atoms in total. The third kappa shape index (κ3) is 6.16. The van der Waals surface area contributed by atoms with E-state index in [2.05, 4.69) is 27.2 Å². The quantitative estimate of drug-likeness (QED) is 0.674. The summed E-state index contributed by atoms with van der Waals surface area (Å²) in [4.78, 5) is 16.7. The predicted molar refractivity (Wildman–Crippen MR) is 111 cm³/mol. The molecule has 0 atom stereocenters. The number of para-hydroxylation sites is 1. The number of nitrogens with zero attached hydrogens (tertiary/aromatic N) is 2. The minimum Gasteiger partial charge on any atom is -0.497 e. The number of carbonyl (C=O) groups excluding carboxylic acids is 1. The lowest BCUT2D eigenvalue weighted by atomic mass is 10.2. The number of anilines is 1. The van der Waals surface area contributed by atoms with Gasteiger partial charge in [-0.2, -0.15) is 0 Å². The molecule has 0 spiro atoms. The molecule has 0 radical (unpaired) electrons. The molecular weight excluding hydrogens is 354 g/mol. The smallest absolute Gasteiger partial charge is 0.257 e. The van der Waals surface area contributed by atoms with Crippen molar-refractivity contribution in [1.82, 2.24) is 10.2 Å². The Labute approximate surface area is 167 Å². The summed E-state index contributed by atoms with van der Waals surface area (Å²) in [5, 5.41) is 2.93. The van der Waals surface area contributed by atoms with Crippen molar-refractivity contribution in [2.45, 2.75) is 6.42 Å². The first-order chi connectivity index (χ1) is 13.7. The lowest BCUT2D eigenvalue weighted by Gasteiger charge is -2.36. The molecule has 6 heteroatoms. The van der Waals surface area contributed by atoms with E-state index in [0.717, 1.165) is 44.9 Å². The maximum atomic E-state index is 11.8. The molecule has 150 valence electrons. The first-order valence-corrected chi connectivity index (χ1v) is 9.80. The van der Waals surface area contributed by atoms with Gasteiger partial charge in [-0.3, -0.25) is 9.69 Å². The van der Waals surface area contributed by atoms with E-state index in [1.165, 1.54) is 5.69 Å². The number of methoxy groups -OCH3 is 1. The van der Waals surface area contributed by atoms with Crippen molar-refractivity contribution in [2.75, 3.05) is 57.9 Å². The molecule has 0 saturated carbocycles. The third-order valence-corrected chi connectivity index (χ3v) is 4.90. The second-order valence-electron chi connectivity index (χ2n) is 6.83. The number of carbonyl (C=O) groups is 1. The Kier molecular flexibility index (Phi) is 7.55. The van der Waals surface area contributed by atoms with E-state index in [1.54, 1.807) is 7.11 Å². The predicted octanol–water partition coefficient (Wildman–Crippen LogP) is 2.40. The summed E-state index contributed by atoms with van der Waals surface area (Å²) in [6, 6.07) is 17.6. The average Bonchev–Trinajstić information content (AvgIpc) is 2.76. The molecule has 1 amide bonds. The Hall–Kier alpha value is -2.73. The van der Waals surface area contributed by atoms with Gasteiger partial charge in [0.25, 0.3) is 5.91 Å². The van der Waals surface area contributed by atoms with Gasteiger partial charge in [0.1, 0.15) is 11.5 Å². The molecule has 1 heterocycles. The molecule has 1 N–H and O–H groups in total. The van der Waals surface area contributed by atoms with Gasteiger partial charge in [-0.25, -0.2) is 0 Å². The van der Waals surface area contributed by atoms with Gasteiger partial charge in [0.05, 0.1) is 7.11 Å². The van der Waals surface area contributed by atoms with E-state index >= 15 is 0 Å². The first kappa shape index (κ1) is 20.0. The van der Waals surface area contributed by atoms with Crippen molar-refractivity contribution >= 4 is 11.6 Å². The van der Waals surface area contributed by atoms with Crippen LogP contribution >= 0.6 is 0 Å². The Morgan fingerprint density at radius 1 is 0.964 bits per heavy atom. The van der Waals surface area contributed by atoms with E-state index in [9.17, 15) is 4.79 Å². The van der Waals surface area contributed by atoms with Crippen molar-refractivity contribution in [3.8, 4) is 11.5 Å². The molecule has 0 aromatic heterocycles. The molecule has 1 fully saturated rings. The largest absolute Gasteiger partial charge is 0.497 e. The summed E-state index contributed by atoms with van der Waals surface area (Å²) in [5.74, 6) is 1.53. The topological polar surface area (TPSA) is 54.0 Å². The normalized spacial score (nSPS) is 14.5. The van der Waals surface area contributed by atoms with Crippen LogP contribution in [-0.2, 0) is 4.79 Å². The van der Waals surface area contributed by atoms with E-state index in [-0.39, 0.29) is 12.5 Å². The fourth-order valence-corrected chi connectivity index (χ4v) is 3.27. The van der Waals surface area contributed by atoms with Crippen LogP contribution in [-0.4, -0.2) is 63.8 Å². The standard InChI is InChI=1S/C22H29N3O3/c1-27-20-10-8-19(9-11-20)25-16-14-24(15-17-25)13-5-12-23-22(26)18-28-21-6-3-2-4-7-21/h2-4,6-11H,5,12-18H2,1H3,(H,23,26). The zero-order valence-electron chi connectivity index (χ0n) is 16.5. The van der Waals surface area contributed by atoms with Gasteiger partial charge in [0.15, 0.2) is 6.61 Å². The Balaban J connectivity index is 1.27. The highest BCUT2D eigenvalue weighted by atomic mass is 16.5. The summed E-state index contributed by atoms with van der Waals surface area (Å²) in [7, 11) is 1.69.